The van der Waals surface area contributed by atoms with Crippen molar-refractivity contribution in [1.29, 1.82) is 0 Å². The molecule has 1 atom stereocenters. The highest BCUT2D eigenvalue weighted by Crippen LogP contribution is 2.41. The Morgan fingerprint density at radius 1 is 1.56 bits per heavy atom. The molecule has 1 unspecified atom stereocenters. The van der Waals surface area contributed by atoms with Crippen molar-refractivity contribution in [3.8, 4) is 0 Å². The zero-order chi connectivity index (χ0) is 11.6. The highest BCUT2D eigenvalue weighted by molar-refractivity contribution is 5.13. The third-order valence-corrected chi connectivity index (χ3v) is 3.79. The third-order valence-electron chi connectivity index (χ3n) is 3.79. The molecule has 0 bridgehead atoms. The van der Waals surface area contributed by atoms with Gasteiger partial charge in [-0.25, -0.2) is 0 Å². The molecule has 1 aromatic heterocycles. The largest absolute Gasteiger partial charge is 0.376 e. The lowest BCUT2D eigenvalue weighted by atomic mass is 9.90. The molecule has 90 valence electrons. The Labute approximate surface area is 96.8 Å². The standard InChI is InChI=1S/C12H21N3O/c1-3-15-10(6-9-14-15)11(13)12(16-2)7-4-5-8-12/h6,9,11H,3-5,7-8,13H2,1-2H3. The van der Waals surface area contributed by atoms with Crippen molar-refractivity contribution in [2.75, 3.05) is 7.11 Å². The molecule has 1 heterocycles. The molecule has 1 saturated carbocycles. The summed E-state index contributed by atoms with van der Waals surface area (Å²) in [5.41, 5.74) is 7.30. The summed E-state index contributed by atoms with van der Waals surface area (Å²) in [6.07, 6.45) is 6.35. The van der Waals surface area contributed by atoms with Crippen LogP contribution in [0.15, 0.2) is 12.3 Å². The zero-order valence-electron chi connectivity index (χ0n) is 10.1. The molecule has 4 nitrogen and oxygen atoms in total. The fourth-order valence-electron chi connectivity index (χ4n) is 2.76. The number of aryl methyl sites for hydroxylation is 1. The molecule has 0 radical (unpaired) electrons. The number of methoxy groups -OCH3 is 1. The van der Waals surface area contributed by atoms with Crippen molar-refractivity contribution in [3.63, 3.8) is 0 Å². The van der Waals surface area contributed by atoms with Crippen LogP contribution in [0.1, 0.15) is 44.3 Å². The number of nitrogens with two attached hydrogens (primary N) is 1. The van der Waals surface area contributed by atoms with Crippen LogP contribution in [0.25, 0.3) is 0 Å². The molecule has 0 aliphatic heterocycles. The molecule has 1 aromatic rings. The third kappa shape index (κ3) is 1.76. The lowest BCUT2D eigenvalue weighted by Crippen LogP contribution is -2.41. The van der Waals surface area contributed by atoms with Gasteiger partial charge in [-0.05, 0) is 25.8 Å². The smallest absolute Gasteiger partial charge is 0.0885 e. The van der Waals surface area contributed by atoms with Crippen molar-refractivity contribution >= 4 is 0 Å². The fraction of sp³-hybridized carbons (Fsp3) is 0.750. The second-order valence-electron chi connectivity index (χ2n) is 4.53. The highest BCUT2D eigenvalue weighted by atomic mass is 16.5. The quantitative estimate of drug-likeness (QED) is 0.847. The van der Waals surface area contributed by atoms with Crippen LogP contribution in [-0.4, -0.2) is 22.5 Å². The summed E-state index contributed by atoms with van der Waals surface area (Å²) in [5.74, 6) is 0. The monoisotopic (exact) mass is 223 g/mol. The topological polar surface area (TPSA) is 53.1 Å². The summed E-state index contributed by atoms with van der Waals surface area (Å²) >= 11 is 0. The first-order valence-corrected chi connectivity index (χ1v) is 6.06. The Kier molecular flexibility index (Phi) is 3.30. The van der Waals surface area contributed by atoms with Crippen LogP contribution in [-0.2, 0) is 11.3 Å². The lowest BCUT2D eigenvalue weighted by molar-refractivity contribution is -0.0284. The van der Waals surface area contributed by atoms with Crippen LogP contribution < -0.4 is 5.73 Å². The first kappa shape index (κ1) is 11.6. The minimum absolute atomic E-state index is 0.0672. The molecule has 4 heteroatoms. The Morgan fingerprint density at radius 2 is 2.25 bits per heavy atom. The van der Waals surface area contributed by atoms with E-state index >= 15 is 0 Å². The maximum absolute atomic E-state index is 6.38. The maximum Gasteiger partial charge on any atom is 0.0885 e. The van der Waals surface area contributed by atoms with Crippen molar-refractivity contribution < 1.29 is 4.74 Å². The van der Waals surface area contributed by atoms with Crippen LogP contribution in [0.3, 0.4) is 0 Å². The van der Waals surface area contributed by atoms with E-state index in [0.29, 0.717) is 0 Å². The normalized spacial score (nSPS) is 21.2. The van der Waals surface area contributed by atoms with E-state index in [0.717, 1.165) is 25.1 Å². The minimum atomic E-state index is -0.174. The van der Waals surface area contributed by atoms with Crippen molar-refractivity contribution in [3.05, 3.63) is 18.0 Å². The van der Waals surface area contributed by atoms with E-state index in [1.807, 2.05) is 16.9 Å². The van der Waals surface area contributed by atoms with E-state index in [1.54, 1.807) is 7.11 Å². The summed E-state index contributed by atoms with van der Waals surface area (Å²) in [6, 6.07) is 1.94. The van der Waals surface area contributed by atoms with Gasteiger partial charge in [-0.15, -0.1) is 0 Å². The summed E-state index contributed by atoms with van der Waals surface area (Å²) in [4.78, 5) is 0. The molecule has 16 heavy (non-hydrogen) atoms. The van der Waals surface area contributed by atoms with Gasteiger partial charge in [-0.2, -0.15) is 5.10 Å². The maximum atomic E-state index is 6.38. The van der Waals surface area contributed by atoms with Crippen LogP contribution >= 0.6 is 0 Å². The van der Waals surface area contributed by atoms with Gasteiger partial charge in [0.25, 0.3) is 0 Å². The average Bonchev–Trinajstić information content (AvgIpc) is 2.97. The summed E-state index contributed by atoms with van der Waals surface area (Å²) in [5, 5.41) is 4.27. The molecule has 0 saturated heterocycles. The fourth-order valence-corrected chi connectivity index (χ4v) is 2.76. The molecule has 1 fully saturated rings. The molecule has 2 N–H and O–H groups in total. The number of nitrogens with zero attached hydrogens (tertiary/aromatic N) is 2. The number of hydrogen-bond acceptors (Lipinski definition) is 3. The second kappa shape index (κ2) is 4.55. The van der Waals surface area contributed by atoms with E-state index in [1.165, 1.54) is 12.8 Å². The summed E-state index contributed by atoms with van der Waals surface area (Å²) in [7, 11) is 1.78. The van der Waals surface area contributed by atoms with Crippen LogP contribution in [0, 0.1) is 0 Å². The second-order valence-corrected chi connectivity index (χ2v) is 4.53. The van der Waals surface area contributed by atoms with E-state index in [9.17, 15) is 0 Å². The van der Waals surface area contributed by atoms with Gasteiger partial charge in [-0.1, -0.05) is 12.8 Å². The molecule has 0 aromatic carbocycles. The Bertz CT molecular complexity index is 342. The Hall–Kier alpha value is -0.870. The first-order chi connectivity index (χ1) is 7.73. The Balaban J connectivity index is 2.26. The van der Waals surface area contributed by atoms with E-state index in [-0.39, 0.29) is 11.6 Å². The SMILES string of the molecule is CCn1nccc1C(N)C1(OC)CCCC1. The summed E-state index contributed by atoms with van der Waals surface area (Å²) < 4.78 is 7.68. The number of aromatic nitrogens is 2. The molecule has 0 amide bonds. The van der Waals surface area contributed by atoms with Gasteiger partial charge in [0, 0.05) is 19.9 Å². The molecule has 2 rings (SSSR count). The molecule has 1 aliphatic rings. The summed E-state index contributed by atoms with van der Waals surface area (Å²) in [6.45, 7) is 2.94. The predicted octanol–water partition coefficient (Wildman–Crippen LogP) is 1.86. The first-order valence-electron chi connectivity index (χ1n) is 6.06. The average molecular weight is 223 g/mol. The van der Waals surface area contributed by atoms with Crippen molar-refractivity contribution in [2.24, 2.45) is 5.73 Å². The lowest BCUT2D eigenvalue weighted by Gasteiger charge is -2.34. The molecular weight excluding hydrogens is 202 g/mol. The minimum Gasteiger partial charge on any atom is -0.376 e. The van der Waals surface area contributed by atoms with E-state index in [4.69, 9.17) is 10.5 Å². The molecule has 1 aliphatic carbocycles. The van der Waals surface area contributed by atoms with Crippen LogP contribution in [0.2, 0.25) is 0 Å². The Morgan fingerprint density at radius 3 is 2.81 bits per heavy atom. The number of rotatable bonds is 4. The van der Waals surface area contributed by atoms with Gasteiger partial charge >= 0.3 is 0 Å². The van der Waals surface area contributed by atoms with Gasteiger partial charge in [-0.3, -0.25) is 4.68 Å². The van der Waals surface area contributed by atoms with Gasteiger partial charge in [0.1, 0.15) is 0 Å². The van der Waals surface area contributed by atoms with Gasteiger partial charge in [0.05, 0.1) is 17.3 Å². The highest BCUT2D eigenvalue weighted by Gasteiger charge is 2.41. The van der Waals surface area contributed by atoms with Crippen molar-refractivity contribution in [2.45, 2.75) is 50.8 Å². The van der Waals surface area contributed by atoms with E-state index < -0.39 is 0 Å². The predicted molar refractivity (Wildman–Crippen MR) is 63.0 cm³/mol. The van der Waals surface area contributed by atoms with Crippen LogP contribution in [0.4, 0.5) is 0 Å². The zero-order valence-corrected chi connectivity index (χ0v) is 10.1. The van der Waals surface area contributed by atoms with Crippen molar-refractivity contribution in [1.82, 2.24) is 9.78 Å². The van der Waals surface area contributed by atoms with Gasteiger partial charge < -0.3 is 10.5 Å². The van der Waals surface area contributed by atoms with Gasteiger partial charge in [0.15, 0.2) is 0 Å². The number of ether oxygens (including phenoxy) is 1. The molecule has 0 spiro atoms. The van der Waals surface area contributed by atoms with E-state index in [2.05, 4.69) is 12.0 Å². The number of hydrogen-bond donors (Lipinski definition) is 1. The molecular formula is C12H21N3O. The van der Waals surface area contributed by atoms with Crippen LogP contribution in [0.5, 0.6) is 0 Å². The van der Waals surface area contributed by atoms with Gasteiger partial charge in [0.2, 0.25) is 0 Å².